The molecular formula is C15H29NO2. The molecule has 0 spiro atoms. The zero-order chi connectivity index (χ0) is 13.8. The van der Waals surface area contributed by atoms with Crippen LogP contribution in [-0.2, 0) is 0 Å². The first-order chi connectivity index (χ1) is 8.16. The Labute approximate surface area is 111 Å². The summed E-state index contributed by atoms with van der Waals surface area (Å²) in [6.45, 7) is 11.2. The molecule has 2 aliphatic carbocycles. The molecule has 0 radical (unpaired) electrons. The first kappa shape index (κ1) is 14.3. The van der Waals surface area contributed by atoms with Crippen LogP contribution in [0, 0.1) is 16.7 Å². The molecule has 2 rings (SSSR count). The molecule has 0 amide bonds. The van der Waals surface area contributed by atoms with Crippen LogP contribution < -0.4 is 5.32 Å². The Morgan fingerprint density at radius 3 is 2.39 bits per heavy atom. The molecule has 0 aliphatic heterocycles. The third kappa shape index (κ3) is 1.83. The molecule has 5 unspecified atom stereocenters. The molecule has 2 saturated carbocycles. The van der Waals surface area contributed by atoms with Crippen molar-refractivity contribution in [2.75, 3.05) is 6.54 Å². The summed E-state index contributed by atoms with van der Waals surface area (Å²) in [4.78, 5) is 0. The predicted octanol–water partition coefficient (Wildman–Crippen LogP) is 1.92. The Balaban J connectivity index is 2.09. The second-order valence-electron chi connectivity index (χ2n) is 7.49. The molecule has 5 atom stereocenters. The van der Waals surface area contributed by atoms with E-state index >= 15 is 0 Å². The van der Waals surface area contributed by atoms with Crippen LogP contribution in [-0.4, -0.2) is 34.5 Å². The smallest absolute Gasteiger partial charge is 0.0754 e. The summed E-state index contributed by atoms with van der Waals surface area (Å²) in [6, 6.07) is 0.136. The highest BCUT2D eigenvalue weighted by atomic mass is 16.3. The Bertz CT molecular complexity index is 326. The van der Waals surface area contributed by atoms with E-state index in [-0.39, 0.29) is 23.0 Å². The lowest BCUT2D eigenvalue weighted by Crippen LogP contribution is -2.51. The van der Waals surface area contributed by atoms with Crippen LogP contribution in [0.3, 0.4) is 0 Å². The van der Waals surface area contributed by atoms with Crippen LogP contribution in [0.1, 0.15) is 53.9 Å². The van der Waals surface area contributed by atoms with Crippen LogP contribution in [0.4, 0.5) is 0 Å². The first-order valence-corrected chi connectivity index (χ1v) is 7.29. The maximum Gasteiger partial charge on any atom is 0.0754 e. The van der Waals surface area contributed by atoms with Gasteiger partial charge in [0.2, 0.25) is 0 Å². The Morgan fingerprint density at radius 1 is 1.33 bits per heavy atom. The third-order valence-corrected chi connectivity index (χ3v) is 6.28. The molecule has 0 aromatic rings. The molecule has 0 aromatic heterocycles. The molecule has 0 heterocycles. The van der Waals surface area contributed by atoms with Gasteiger partial charge in [0.1, 0.15) is 0 Å². The number of hydrogen-bond donors (Lipinski definition) is 3. The fourth-order valence-corrected chi connectivity index (χ4v) is 4.05. The monoisotopic (exact) mass is 255 g/mol. The topological polar surface area (TPSA) is 52.5 Å². The van der Waals surface area contributed by atoms with Gasteiger partial charge in [0.05, 0.1) is 11.7 Å². The van der Waals surface area contributed by atoms with Crippen molar-refractivity contribution in [3.8, 4) is 0 Å². The molecule has 106 valence electrons. The van der Waals surface area contributed by atoms with Gasteiger partial charge in [-0.1, -0.05) is 27.7 Å². The lowest BCUT2D eigenvalue weighted by molar-refractivity contribution is -0.00750. The van der Waals surface area contributed by atoms with E-state index in [9.17, 15) is 10.2 Å². The van der Waals surface area contributed by atoms with Gasteiger partial charge in [0.15, 0.2) is 0 Å². The van der Waals surface area contributed by atoms with E-state index in [2.05, 4.69) is 26.1 Å². The summed E-state index contributed by atoms with van der Waals surface area (Å²) in [5.41, 5.74) is -0.470. The normalized spacial score (nSPS) is 45.2. The van der Waals surface area contributed by atoms with E-state index < -0.39 is 5.60 Å². The molecule has 0 saturated heterocycles. The van der Waals surface area contributed by atoms with Gasteiger partial charge in [0, 0.05) is 18.0 Å². The maximum absolute atomic E-state index is 10.6. The summed E-state index contributed by atoms with van der Waals surface area (Å²) in [6.07, 6.45) is 2.74. The largest absolute Gasteiger partial charge is 0.391 e. The number of fused-ring (bicyclic) bond motifs is 2. The van der Waals surface area contributed by atoms with Crippen LogP contribution >= 0.6 is 0 Å². The van der Waals surface area contributed by atoms with Gasteiger partial charge in [-0.25, -0.2) is 0 Å². The number of aliphatic hydroxyl groups excluding tert-OH is 1. The van der Waals surface area contributed by atoms with Crippen LogP contribution in [0.15, 0.2) is 0 Å². The van der Waals surface area contributed by atoms with Crippen LogP contribution in [0.5, 0.6) is 0 Å². The van der Waals surface area contributed by atoms with Crippen molar-refractivity contribution in [3.63, 3.8) is 0 Å². The minimum absolute atomic E-state index is 0.0212. The first-order valence-electron chi connectivity index (χ1n) is 7.29. The predicted molar refractivity (Wildman–Crippen MR) is 73.3 cm³/mol. The van der Waals surface area contributed by atoms with Crippen molar-refractivity contribution < 1.29 is 10.2 Å². The molecule has 0 aromatic carbocycles. The molecule has 2 fully saturated rings. The Morgan fingerprint density at radius 2 is 1.94 bits per heavy atom. The standard InChI is InChI=1S/C15H29NO2/c1-6-14(4,18)9-16-11-10-7-8-15(5,12(11)17)13(10,2)3/h10-12,16-18H,6-9H2,1-5H3. The molecule has 18 heavy (non-hydrogen) atoms. The third-order valence-electron chi connectivity index (χ3n) is 6.28. The van der Waals surface area contributed by atoms with Crippen molar-refractivity contribution >= 4 is 0 Å². The molecule has 3 N–H and O–H groups in total. The molecule has 3 nitrogen and oxygen atoms in total. The summed E-state index contributed by atoms with van der Waals surface area (Å²) in [5, 5.41) is 24.1. The van der Waals surface area contributed by atoms with Crippen molar-refractivity contribution in [1.29, 1.82) is 0 Å². The lowest BCUT2D eigenvalue weighted by Gasteiger charge is -2.37. The number of aliphatic hydroxyl groups is 2. The van der Waals surface area contributed by atoms with E-state index in [1.165, 1.54) is 6.42 Å². The maximum atomic E-state index is 10.6. The summed E-state index contributed by atoms with van der Waals surface area (Å²) in [5.74, 6) is 0.519. The highest BCUT2D eigenvalue weighted by Crippen LogP contribution is 2.65. The zero-order valence-electron chi connectivity index (χ0n) is 12.5. The molecular weight excluding hydrogens is 226 g/mol. The number of rotatable bonds is 4. The number of nitrogens with one attached hydrogen (secondary N) is 1. The van der Waals surface area contributed by atoms with Gasteiger partial charge < -0.3 is 15.5 Å². The van der Waals surface area contributed by atoms with E-state index in [1.54, 1.807) is 0 Å². The van der Waals surface area contributed by atoms with Gasteiger partial charge in [-0.05, 0) is 37.5 Å². The highest BCUT2D eigenvalue weighted by Gasteiger charge is 2.65. The van der Waals surface area contributed by atoms with E-state index in [4.69, 9.17) is 0 Å². The lowest BCUT2D eigenvalue weighted by atomic mass is 9.70. The van der Waals surface area contributed by atoms with Crippen molar-refractivity contribution in [1.82, 2.24) is 5.32 Å². The van der Waals surface area contributed by atoms with Gasteiger partial charge >= 0.3 is 0 Å². The Kier molecular flexibility index (Phi) is 3.33. The second-order valence-corrected chi connectivity index (χ2v) is 7.49. The van der Waals surface area contributed by atoms with Gasteiger partial charge in [-0.2, -0.15) is 0 Å². The SMILES string of the molecule is CCC(C)(O)CNC1C2CCC(C)(C1O)C2(C)C. The van der Waals surface area contributed by atoms with E-state index in [0.717, 1.165) is 12.8 Å². The molecule has 2 bridgehead atoms. The zero-order valence-corrected chi connectivity index (χ0v) is 12.5. The summed E-state index contributed by atoms with van der Waals surface area (Å²) >= 11 is 0. The van der Waals surface area contributed by atoms with Crippen molar-refractivity contribution in [2.24, 2.45) is 16.7 Å². The fraction of sp³-hybridized carbons (Fsp3) is 1.00. The van der Waals surface area contributed by atoms with Gasteiger partial charge in [-0.3, -0.25) is 0 Å². The minimum atomic E-state index is -0.674. The minimum Gasteiger partial charge on any atom is -0.391 e. The fourth-order valence-electron chi connectivity index (χ4n) is 4.05. The van der Waals surface area contributed by atoms with Crippen LogP contribution in [0.2, 0.25) is 0 Å². The van der Waals surface area contributed by atoms with E-state index in [0.29, 0.717) is 12.5 Å². The average Bonchev–Trinajstić information content (AvgIpc) is 2.59. The highest BCUT2D eigenvalue weighted by molar-refractivity contribution is 5.17. The quantitative estimate of drug-likeness (QED) is 0.719. The molecule has 3 heteroatoms. The number of hydrogen-bond acceptors (Lipinski definition) is 3. The van der Waals surface area contributed by atoms with Crippen molar-refractivity contribution in [2.45, 2.75) is 71.6 Å². The summed E-state index contributed by atoms with van der Waals surface area (Å²) in [7, 11) is 0. The van der Waals surface area contributed by atoms with Gasteiger partial charge in [0.25, 0.3) is 0 Å². The Hall–Kier alpha value is -0.120. The van der Waals surface area contributed by atoms with Crippen molar-refractivity contribution in [3.05, 3.63) is 0 Å². The van der Waals surface area contributed by atoms with Gasteiger partial charge in [-0.15, -0.1) is 0 Å². The van der Waals surface area contributed by atoms with E-state index in [1.807, 2.05) is 13.8 Å². The average molecular weight is 255 g/mol. The van der Waals surface area contributed by atoms with Crippen LogP contribution in [0.25, 0.3) is 0 Å². The second kappa shape index (κ2) is 4.19. The summed E-state index contributed by atoms with van der Waals surface area (Å²) < 4.78 is 0. The molecule has 2 aliphatic rings.